The molecule has 2 atom stereocenters. The van der Waals surface area contributed by atoms with Crippen LogP contribution in [0.15, 0.2) is 24.3 Å². The van der Waals surface area contributed by atoms with Gasteiger partial charge in [-0.3, -0.25) is 10.2 Å². The van der Waals surface area contributed by atoms with Gasteiger partial charge in [0.1, 0.15) is 5.75 Å². The fraction of sp³-hybridized carbons (Fsp3) is 0.462. The summed E-state index contributed by atoms with van der Waals surface area (Å²) in [5, 5.41) is 0. The molecule has 0 spiro atoms. The fourth-order valence-electron chi connectivity index (χ4n) is 2.18. The van der Waals surface area contributed by atoms with E-state index in [4.69, 9.17) is 9.47 Å². The number of ether oxygens (including phenoxy) is 2. The largest absolute Gasteiger partial charge is 0.496 e. The number of hydrogen-bond acceptors (Lipinski definition) is 5. The first kappa shape index (κ1) is 12.9. The van der Waals surface area contributed by atoms with Crippen molar-refractivity contribution in [3.63, 3.8) is 0 Å². The molecule has 5 heteroatoms. The summed E-state index contributed by atoms with van der Waals surface area (Å²) in [5.41, 5.74) is 7.07. The smallest absolute Gasteiger partial charge is 0.312 e. The van der Waals surface area contributed by atoms with Gasteiger partial charge in [0.15, 0.2) is 0 Å². The zero-order valence-electron chi connectivity index (χ0n) is 10.6. The van der Waals surface area contributed by atoms with Crippen molar-refractivity contribution in [3.8, 4) is 5.75 Å². The number of esters is 1. The van der Waals surface area contributed by atoms with Crippen LogP contribution in [0.2, 0.25) is 0 Å². The average Bonchev–Trinajstić information content (AvgIpc) is 2.88. The molecule has 0 aromatic heterocycles. The zero-order chi connectivity index (χ0) is 13.0. The zero-order valence-corrected chi connectivity index (χ0v) is 10.6. The van der Waals surface area contributed by atoms with Gasteiger partial charge in [0.2, 0.25) is 0 Å². The minimum absolute atomic E-state index is 0.125. The second-order valence-corrected chi connectivity index (χ2v) is 4.10. The molecule has 1 aliphatic heterocycles. The molecule has 1 heterocycles. The van der Waals surface area contributed by atoms with Gasteiger partial charge in [-0.25, -0.2) is 5.43 Å². The maximum atomic E-state index is 11.9. The molecule has 1 aromatic rings. The number of hydrazine groups is 1. The van der Waals surface area contributed by atoms with Crippen LogP contribution in [-0.2, 0) is 9.53 Å². The summed E-state index contributed by atoms with van der Waals surface area (Å²) in [7, 11) is 1.63. The van der Waals surface area contributed by atoms with Crippen molar-refractivity contribution < 1.29 is 14.3 Å². The monoisotopic (exact) mass is 250 g/mol. The SMILES string of the molecule is CCOC(=O)C1CNNC1c1ccccc1OC. The van der Waals surface area contributed by atoms with Gasteiger partial charge in [-0.05, 0) is 13.0 Å². The minimum atomic E-state index is -0.235. The summed E-state index contributed by atoms with van der Waals surface area (Å²) >= 11 is 0. The first-order chi connectivity index (χ1) is 8.77. The maximum Gasteiger partial charge on any atom is 0.312 e. The number of rotatable bonds is 4. The van der Waals surface area contributed by atoms with Gasteiger partial charge in [-0.1, -0.05) is 18.2 Å². The molecule has 2 rings (SSSR count). The quantitative estimate of drug-likeness (QED) is 0.781. The highest BCUT2D eigenvalue weighted by atomic mass is 16.5. The Morgan fingerprint density at radius 3 is 2.94 bits per heavy atom. The number of para-hydroxylation sites is 1. The van der Waals surface area contributed by atoms with Gasteiger partial charge in [0.05, 0.1) is 25.7 Å². The molecule has 0 saturated carbocycles. The molecular weight excluding hydrogens is 232 g/mol. The molecule has 1 fully saturated rings. The van der Waals surface area contributed by atoms with Crippen LogP contribution in [0.5, 0.6) is 5.75 Å². The van der Waals surface area contributed by atoms with Crippen LogP contribution in [0.4, 0.5) is 0 Å². The Kier molecular flexibility index (Phi) is 4.17. The standard InChI is InChI=1S/C13H18N2O3/c1-3-18-13(16)10-8-14-15-12(10)9-6-4-5-7-11(9)17-2/h4-7,10,12,14-15H,3,8H2,1-2H3. The highest BCUT2D eigenvalue weighted by Crippen LogP contribution is 2.32. The van der Waals surface area contributed by atoms with Crippen molar-refractivity contribution in [1.82, 2.24) is 10.9 Å². The number of hydrogen-bond donors (Lipinski definition) is 2. The Balaban J connectivity index is 2.23. The Bertz CT molecular complexity index is 422. The average molecular weight is 250 g/mol. The molecule has 2 N–H and O–H groups in total. The van der Waals surface area contributed by atoms with Crippen LogP contribution in [0.1, 0.15) is 18.5 Å². The molecular formula is C13H18N2O3. The molecule has 0 amide bonds. The minimum Gasteiger partial charge on any atom is -0.496 e. The normalized spacial score (nSPS) is 22.8. The first-order valence-corrected chi connectivity index (χ1v) is 6.05. The molecule has 1 aliphatic rings. The third kappa shape index (κ3) is 2.47. The van der Waals surface area contributed by atoms with E-state index in [2.05, 4.69) is 10.9 Å². The summed E-state index contributed by atoms with van der Waals surface area (Å²) < 4.78 is 10.4. The number of carbonyl (C=O) groups excluding carboxylic acids is 1. The molecule has 1 aromatic carbocycles. The van der Waals surface area contributed by atoms with E-state index in [0.29, 0.717) is 13.2 Å². The van der Waals surface area contributed by atoms with Gasteiger partial charge in [0, 0.05) is 12.1 Å². The van der Waals surface area contributed by atoms with Crippen LogP contribution in [0.3, 0.4) is 0 Å². The molecule has 1 saturated heterocycles. The second-order valence-electron chi connectivity index (χ2n) is 4.10. The molecule has 5 nitrogen and oxygen atoms in total. The van der Waals surface area contributed by atoms with Crippen molar-refractivity contribution in [1.29, 1.82) is 0 Å². The lowest BCUT2D eigenvalue weighted by molar-refractivity contribution is -0.147. The number of benzene rings is 1. The van der Waals surface area contributed by atoms with Crippen molar-refractivity contribution >= 4 is 5.97 Å². The first-order valence-electron chi connectivity index (χ1n) is 6.05. The Morgan fingerprint density at radius 1 is 1.44 bits per heavy atom. The van der Waals surface area contributed by atoms with E-state index in [-0.39, 0.29) is 17.9 Å². The Labute approximate surface area is 106 Å². The summed E-state index contributed by atoms with van der Waals surface area (Å²) in [6.45, 7) is 2.77. The number of methoxy groups -OCH3 is 1. The summed E-state index contributed by atoms with van der Waals surface area (Å²) in [5.74, 6) is 0.347. The lowest BCUT2D eigenvalue weighted by atomic mass is 9.94. The number of nitrogens with one attached hydrogen (secondary N) is 2. The molecule has 18 heavy (non-hydrogen) atoms. The summed E-state index contributed by atoms with van der Waals surface area (Å²) in [6.07, 6.45) is 0. The lowest BCUT2D eigenvalue weighted by Gasteiger charge is -2.19. The Morgan fingerprint density at radius 2 is 2.22 bits per heavy atom. The molecule has 0 radical (unpaired) electrons. The fourth-order valence-corrected chi connectivity index (χ4v) is 2.18. The molecule has 98 valence electrons. The Hall–Kier alpha value is -1.59. The van der Waals surface area contributed by atoms with Gasteiger partial charge >= 0.3 is 5.97 Å². The van der Waals surface area contributed by atoms with Crippen molar-refractivity contribution in [2.24, 2.45) is 5.92 Å². The number of carbonyl (C=O) groups is 1. The molecule has 0 aliphatic carbocycles. The maximum absolute atomic E-state index is 11.9. The lowest BCUT2D eigenvalue weighted by Crippen LogP contribution is -2.27. The van der Waals surface area contributed by atoms with Crippen LogP contribution >= 0.6 is 0 Å². The molecule has 0 bridgehead atoms. The van der Waals surface area contributed by atoms with Crippen molar-refractivity contribution in [2.75, 3.05) is 20.3 Å². The predicted octanol–water partition coefficient (Wildman–Crippen LogP) is 1.02. The summed E-state index contributed by atoms with van der Waals surface area (Å²) in [4.78, 5) is 11.9. The van der Waals surface area contributed by atoms with Crippen LogP contribution in [0.25, 0.3) is 0 Å². The van der Waals surface area contributed by atoms with Crippen molar-refractivity contribution in [2.45, 2.75) is 13.0 Å². The van der Waals surface area contributed by atoms with Crippen molar-refractivity contribution in [3.05, 3.63) is 29.8 Å². The van der Waals surface area contributed by atoms with Crippen LogP contribution in [-0.4, -0.2) is 26.2 Å². The van der Waals surface area contributed by atoms with Gasteiger partial charge in [0.25, 0.3) is 0 Å². The third-order valence-electron chi connectivity index (χ3n) is 3.05. The van der Waals surface area contributed by atoms with Gasteiger partial charge in [-0.15, -0.1) is 0 Å². The van der Waals surface area contributed by atoms with E-state index in [1.54, 1.807) is 7.11 Å². The van der Waals surface area contributed by atoms with Gasteiger partial charge in [-0.2, -0.15) is 0 Å². The second kappa shape index (κ2) is 5.84. The van der Waals surface area contributed by atoms with E-state index >= 15 is 0 Å². The highest BCUT2D eigenvalue weighted by molar-refractivity contribution is 5.74. The van der Waals surface area contributed by atoms with Crippen LogP contribution in [0, 0.1) is 5.92 Å². The van der Waals surface area contributed by atoms with Gasteiger partial charge < -0.3 is 9.47 Å². The van der Waals surface area contributed by atoms with E-state index < -0.39 is 0 Å². The van der Waals surface area contributed by atoms with E-state index in [1.807, 2.05) is 31.2 Å². The van der Waals surface area contributed by atoms with E-state index in [1.165, 1.54) is 0 Å². The highest BCUT2D eigenvalue weighted by Gasteiger charge is 2.36. The summed E-state index contributed by atoms with van der Waals surface area (Å²) in [6, 6.07) is 7.55. The van der Waals surface area contributed by atoms with E-state index in [0.717, 1.165) is 11.3 Å². The van der Waals surface area contributed by atoms with Crippen LogP contribution < -0.4 is 15.6 Å². The topological polar surface area (TPSA) is 59.6 Å². The predicted molar refractivity (Wildman–Crippen MR) is 67.0 cm³/mol. The third-order valence-corrected chi connectivity index (χ3v) is 3.05. The van der Waals surface area contributed by atoms with E-state index in [9.17, 15) is 4.79 Å². The molecule has 2 unspecified atom stereocenters.